The third-order valence-corrected chi connectivity index (χ3v) is 6.44. The number of imide groups is 1. The largest absolute Gasteiger partial charge is 0.493 e. The molecule has 2 amide bonds. The molecule has 2 aliphatic heterocycles. The Labute approximate surface area is 189 Å². The van der Waals surface area contributed by atoms with Crippen molar-refractivity contribution in [2.45, 2.75) is 25.4 Å². The quantitative estimate of drug-likeness (QED) is 0.598. The fraction of sp³-hybridized carbons (Fsp3) is 0.333. The van der Waals surface area contributed by atoms with Crippen molar-refractivity contribution in [2.75, 3.05) is 32.8 Å². The van der Waals surface area contributed by atoms with Crippen LogP contribution in [0.4, 0.5) is 10.1 Å². The lowest BCUT2D eigenvalue weighted by Gasteiger charge is -2.30. The van der Waals surface area contributed by atoms with Gasteiger partial charge >= 0.3 is 0 Å². The maximum Gasteiger partial charge on any atom is 0.251 e. The number of carbonyl (C=O) groups is 2. The van der Waals surface area contributed by atoms with Crippen molar-refractivity contribution in [3.63, 3.8) is 0 Å². The molecule has 0 aliphatic carbocycles. The first-order valence-electron chi connectivity index (χ1n) is 10.6. The van der Waals surface area contributed by atoms with Gasteiger partial charge in [-0.1, -0.05) is 0 Å². The molecule has 1 atom stereocenters. The van der Waals surface area contributed by atoms with Gasteiger partial charge in [0.2, 0.25) is 11.7 Å². The zero-order valence-corrected chi connectivity index (χ0v) is 18.6. The van der Waals surface area contributed by atoms with Crippen LogP contribution in [-0.4, -0.2) is 55.6 Å². The predicted octanol–water partition coefficient (Wildman–Crippen LogP) is 3.02. The minimum Gasteiger partial charge on any atom is -0.493 e. The van der Waals surface area contributed by atoms with Gasteiger partial charge in [-0.2, -0.15) is 0 Å². The summed E-state index contributed by atoms with van der Waals surface area (Å²) in [5.41, 5.74) is 3.27. The number of fused-ring (bicyclic) bond motifs is 3. The summed E-state index contributed by atoms with van der Waals surface area (Å²) in [5.74, 6) is 0.263. The molecule has 3 heterocycles. The molecule has 0 unspecified atom stereocenters. The molecule has 3 aromatic rings. The second-order valence-electron chi connectivity index (χ2n) is 8.16. The lowest BCUT2D eigenvalue weighted by Crippen LogP contribution is -2.44. The Kier molecular flexibility index (Phi) is 5.20. The molecule has 0 spiro atoms. The number of halogens is 1. The number of aromatic nitrogens is 1. The number of hydrogen-bond acceptors (Lipinski definition) is 6. The number of nitrogens with zero attached hydrogens (tertiary/aromatic N) is 2. The third kappa shape index (κ3) is 3.39. The summed E-state index contributed by atoms with van der Waals surface area (Å²) in [6, 6.07) is 7.31. The van der Waals surface area contributed by atoms with Crippen molar-refractivity contribution in [3.05, 3.63) is 47.4 Å². The summed E-state index contributed by atoms with van der Waals surface area (Å²) >= 11 is 0. The number of amides is 2. The van der Waals surface area contributed by atoms with Crippen LogP contribution in [-0.2, 0) is 22.6 Å². The van der Waals surface area contributed by atoms with Crippen molar-refractivity contribution < 1.29 is 28.2 Å². The Balaban J connectivity index is 1.43. The number of hydrogen-bond donors (Lipinski definition) is 1. The van der Waals surface area contributed by atoms with Gasteiger partial charge in [0, 0.05) is 41.8 Å². The molecular weight excluding hydrogens is 429 g/mol. The molecule has 0 saturated carbocycles. The number of ether oxygens (including phenoxy) is 3. The molecule has 33 heavy (non-hydrogen) atoms. The summed E-state index contributed by atoms with van der Waals surface area (Å²) in [7, 11) is 4.45. The summed E-state index contributed by atoms with van der Waals surface area (Å²) in [6.45, 7) is 1.08. The maximum atomic E-state index is 13.7. The van der Waals surface area contributed by atoms with Crippen molar-refractivity contribution in [3.8, 4) is 17.2 Å². The van der Waals surface area contributed by atoms with Crippen LogP contribution in [0.1, 0.15) is 17.7 Å². The topological polar surface area (TPSA) is 84.1 Å². The number of methoxy groups -OCH3 is 3. The van der Waals surface area contributed by atoms with Gasteiger partial charge in [-0.05, 0) is 30.2 Å². The van der Waals surface area contributed by atoms with Crippen LogP contribution in [0.2, 0.25) is 0 Å². The van der Waals surface area contributed by atoms with Crippen LogP contribution >= 0.6 is 0 Å². The highest BCUT2D eigenvalue weighted by Gasteiger charge is 2.44. The Morgan fingerprint density at radius 2 is 1.76 bits per heavy atom. The highest BCUT2D eigenvalue weighted by Crippen LogP contribution is 2.42. The van der Waals surface area contributed by atoms with E-state index in [0.717, 1.165) is 22.2 Å². The highest BCUT2D eigenvalue weighted by atomic mass is 19.1. The summed E-state index contributed by atoms with van der Waals surface area (Å²) in [5, 5.41) is 0.873. The molecule has 5 rings (SSSR count). The number of benzene rings is 2. The van der Waals surface area contributed by atoms with Gasteiger partial charge in [0.15, 0.2) is 11.5 Å². The van der Waals surface area contributed by atoms with Gasteiger partial charge in [0.1, 0.15) is 5.82 Å². The van der Waals surface area contributed by atoms with Crippen LogP contribution in [0.25, 0.3) is 10.9 Å². The van der Waals surface area contributed by atoms with Gasteiger partial charge in [-0.15, -0.1) is 0 Å². The van der Waals surface area contributed by atoms with Crippen LogP contribution in [0, 0.1) is 5.82 Å². The SMILES string of the molecule is COc1cc(N2C(=O)C[C@H](N3CCc4c([nH]c5ccc(F)cc45)C3)C2=O)cc(OC)c1OC. The van der Waals surface area contributed by atoms with E-state index in [1.807, 2.05) is 4.90 Å². The van der Waals surface area contributed by atoms with Crippen molar-refractivity contribution in [1.29, 1.82) is 0 Å². The Bertz CT molecular complexity index is 1250. The van der Waals surface area contributed by atoms with Crippen molar-refractivity contribution >= 4 is 28.4 Å². The van der Waals surface area contributed by atoms with E-state index in [2.05, 4.69) is 4.98 Å². The van der Waals surface area contributed by atoms with E-state index in [1.54, 1.807) is 18.2 Å². The number of nitrogens with one attached hydrogen (secondary N) is 1. The van der Waals surface area contributed by atoms with E-state index >= 15 is 0 Å². The average Bonchev–Trinajstić information content (AvgIpc) is 3.33. The summed E-state index contributed by atoms with van der Waals surface area (Å²) in [4.78, 5) is 32.9. The normalized spacial score (nSPS) is 18.7. The van der Waals surface area contributed by atoms with E-state index in [-0.39, 0.29) is 24.1 Å². The van der Waals surface area contributed by atoms with E-state index in [4.69, 9.17) is 14.2 Å². The summed E-state index contributed by atoms with van der Waals surface area (Å²) < 4.78 is 29.8. The molecule has 172 valence electrons. The monoisotopic (exact) mass is 453 g/mol. The Morgan fingerprint density at radius 1 is 1.03 bits per heavy atom. The lowest BCUT2D eigenvalue weighted by atomic mass is 10.0. The molecule has 2 aromatic carbocycles. The molecule has 8 nitrogen and oxygen atoms in total. The number of aromatic amines is 1. The van der Waals surface area contributed by atoms with E-state index in [1.165, 1.54) is 38.4 Å². The van der Waals surface area contributed by atoms with E-state index in [0.29, 0.717) is 42.4 Å². The van der Waals surface area contributed by atoms with Gasteiger partial charge < -0.3 is 19.2 Å². The van der Waals surface area contributed by atoms with Crippen LogP contribution in [0.3, 0.4) is 0 Å². The van der Waals surface area contributed by atoms with Gasteiger partial charge in [-0.3, -0.25) is 14.5 Å². The van der Waals surface area contributed by atoms with E-state index in [9.17, 15) is 14.0 Å². The van der Waals surface area contributed by atoms with Gasteiger partial charge in [0.25, 0.3) is 5.91 Å². The molecule has 1 aromatic heterocycles. The van der Waals surface area contributed by atoms with Crippen LogP contribution in [0.15, 0.2) is 30.3 Å². The molecule has 1 saturated heterocycles. The molecule has 0 bridgehead atoms. The van der Waals surface area contributed by atoms with Crippen molar-refractivity contribution in [1.82, 2.24) is 9.88 Å². The Hall–Kier alpha value is -3.59. The number of rotatable bonds is 5. The highest BCUT2D eigenvalue weighted by molar-refractivity contribution is 6.22. The number of carbonyl (C=O) groups excluding carboxylic acids is 2. The first-order valence-corrected chi connectivity index (χ1v) is 10.6. The molecule has 1 fully saturated rings. The molecular formula is C24H24FN3O5. The smallest absolute Gasteiger partial charge is 0.251 e. The Morgan fingerprint density at radius 3 is 2.42 bits per heavy atom. The molecule has 2 aliphatic rings. The second-order valence-corrected chi connectivity index (χ2v) is 8.16. The van der Waals surface area contributed by atoms with E-state index < -0.39 is 6.04 Å². The minimum absolute atomic E-state index is 0.0830. The third-order valence-electron chi connectivity index (χ3n) is 6.44. The number of anilines is 1. The van der Waals surface area contributed by atoms with Gasteiger partial charge in [-0.25, -0.2) is 9.29 Å². The molecule has 0 radical (unpaired) electrons. The maximum absolute atomic E-state index is 13.7. The fourth-order valence-corrected chi connectivity index (χ4v) is 4.87. The predicted molar refractivity (Wildman–Crippen MR) is 119 cm³/mol. The van der Waals surface area contributed by atoms with Crippen LogP contribution < -0.4 is 19.1 Å². The fourth-order valence-electron chi connectivity index (χ4n) is 4.87. The molecule has 9 heteroatoms. The molecule has 1 N–H and O–H groups in total. The zero-order valence-electron chi connectivity index (χ0n) is 18.6. The van der Waals surface area contributed by atoms with Crippen molar-refractivity contribution in [2.24, 2.45) is 0 Å². The van der Waals surface area contributed by atoms with Crippen LogP contribution in [0.5, 0.6) is 17.2 Å². The second kappa shape index (κ2) is 8.08. The lowest BCUT2D eigenvalue weighted by molar-refractivity contribution is -0.123. The first kappa shape index (κ1) is 21.3. The summed E-state index contributed by atoms with van der Waals surface area (Å²) in [6.07, 6.45) is 0.751. The average molecular weight is 453 g/mol. The number of H-pyrrole nitrogens is 1. The zero-order chi connectivity index (χ0) is 23.3. The first-order chi connectivity index (χ1) is 15.9. The minimum atomic E-state index is -0.576. The standard InChI is InChI=1S/C24H24FN3O5/c1-31-20-9-14(10-21(32-2)23(20)33-3)28-22(29)11-19(24(28)30)27-7-6-15-16-8-13(25)4-5-17(16)26-18(15)12-27/h4-5,8-10,19,26H,6-7,11-12H2,1-3H3/t19-/m0/s1. The van der Waals surface area contributed by atoms with Gasteiger partial charge in [0.05, 0.1) is 39.5 Å².